The summed E-state index contributed by atoms with van der Waals surface area (Å²) in [4.78, 5) is 26.1. The second-order valence-electron chi connectivity index (χ2n) is 25.9. The van der Waals surface area contributed by atoms with Gasteiger partial charge in [-0.1, -0.05) is 60.1 Å². The Bertz CT molecular complexity index is 2230. The number of carbonyl (C=O) groups is 1. The lowest BCUT2D eigenvalue weighted by Crippen LogP contribution is -2.80. The third-order valence-corrected chi connectivity index (χ3v) is 23.4. The maximum Gasteiger partial charge on any atom is 0.187 e. The van der Waals surface area contributed by atoms with Crippen LogP contribution >= 0.6 is 0 Å². The first-order chi connectivity index (χ1) is 30.5. The summed E-state index contributed by atoms with van der Waals surface area (Å²) in [6, 6.07) is 0. The third-order valence-electron chi connectivity index (χ3n) is 23.4. The highest BCUT2D eigenvalue weighted by Crippen LogP contribution is 2.74. The maximum absolute atomic E-state index is 14.9. The number of aliphatic hydroxyl groups is 1. The molecule has 2 unspecified atom stereocenters. The van der Waals surface area contributed by atoms with Crippen LogP contribution in [0.5, 0.6) is 0 Å². The van der Waals surface area contributed by atoms with Crippen LogP contribution in [-0.2, 0) is 58.9 Å². The quantitative estimate of drug-likeness (QED) is 0.255. The predicted octanol–water partition coefficient (Wildman–Crippen LogP) is 8.33. The van der Waals surface area contributed by atoms with Gasteiger partial charge >= 0.3 is 0 Å². The zero-order valence-corrected chi connectivity index (χ0v) is 39.8. The Morgan fingerprint density at radius 2 is 1.28 bits per heavy atom. The molecule has 2 spiro atoms. The van der Waals surface area contributed by atoms with E-state index in [0.29, 0.717) is 54.3 Å². The Hall–Kier alpha value is -1.79. The number of nitrogens with zero attached hydrogens (tertiary/aromatic N) is 2. The average molecular weight is 879 g/mol. The summed E-state index contributed by atoms with van der Waals surface area (Å²) < 4.78 is 40.8. The minimum atomic E-state index is -1.28. The molecule has 14 aliphatic rings. The first kappa shape index (κ1) is 41.2. The van der Waals surface area contributed by atoms with E-state index >= 15 is 0 Å². The van der Waals surface area contributed by atoms with Gasteiger partial charge < -0.3 is 33.5 Å². The van der Waals surface area contributed by atoms with Gasteiger partial charge in [-0.05, 0) is 130 Å². The topological polar surface area (TPSA) is 118 Å². The molecule has 1 aromatic heterocycles. The zero-order chi connectivity index (χ0) is 43.9. The van der Waals surface area contributed by atoms with E-state index in [2.05, 4.69) is 61.5 Å². The molecule has 0 radical (unpaired) electrons. The molecule has 1 N–H and O–H groups in total. The molecule has 11 fully saturated rings. The van der Waals surface area contributed by atoms with Crippen LogP contribution in [0.25, 0.3) is 0 Å². The largest absolute Gasteiger partial charge is 0.365 e. The van der Waals surface area contributed by atoms with Gasteiger partial charge in [0.1, 0.15) is 11.9 Å². The van der Waals surface area contributed by atoms with Crippen molar-refractivity contribution in [3.8, 4) is 0 Å². The van der Waals surface area contributed by atoms with E-state index in [1.165, 1.54) is 28.3 Å². The van der Waals surface area contributed by atoms with Crippen molar-refractivity contribution in [2.24, 2.45) is 92.7 Å². The highest BCUT2D eigenvalue weighted by molar-refractivity contribution is 5.91. The van der Waals surface area contributed by atoms with Gasteiger partial charge in [0.05, 0.1) is 59.0 Å². The van der Waals surface area contributed by atoms with Gasteiger partial charge in [-0.3, -0.25) is 14.8 Å². The van der Waals surface area contributed by atoms with Crippen LogP contribution < -0.4 is 0 Å². The number of rotatable bonds is 0. The van der Waals surface area contributed by atoms with Gasteiger partial charge in [-0.2, -0.15) is 0 Å². The molecule has 64 heavy (non-hydrogen) atoms. The Balaban J connectivity index is 0.732. The Labute approximate surface area is 380 Å². The zero-order valence-electron chi connectivity index (χ0n) is 39.8. The predicted molar refractivity (Wildman–Crippen MR) is 235 cm³/mol. The van der Waals surface area contributed by atoms with E-state index < -0.39 is 34.5 Å². The normalized spacial score (nSPS) is 59.5. The van der Waals surface area contributed by atoms with E-state index in [4.69, 9.17) is 38.4 Å². The van der Waals surface area contributed by atoms with Crippen LogP contribution in [0.15, 0.2) is 11.6 Å². The number of allylic oxidation sites excluding steroid dienone is 1. The van der Waals surface area contributed by atoms with E-state index in [-0.39, 0.29) is 64.6 Å². The molecule has 4 saturated carbocycles. The number of ketones is 1. The molecule has 348 valence electrons. The lowest BCUT2D eigenvalue weighted by Gasteiger charge is -2.72. The number of fused-ring (bicyclic) bond motifs is 12. The van der Waals surface area contributed by atoms with E-state index in [1.54, 1.807) is 0 Å². The second kappa shape index (κ2) is 12.9. The summed E-state index contributed by atoms with van der Waals surface area (Å²) >= 11 is 0. The Morgan fingerprint density at radius 3 is 1.92 bits per heavy atom. The van der Waals surface area contributed by atoms with Crippen LogP contribution in [0.1, 0.15) is 142 Å². The lowest BCUT2D eigenvalue weighted by atomic mass is 9.42. The second-order valence-corrected chi connectivity index (χ2v) is 25.9. The van der Waals surface area contributed by atoms with Crippen LogP contribution in [-0.4, -0.2) is 76.0 Å². The molecule has 10 heteroatoms. The molecule has 10 nitrogen and oxygen atoms in total. The van der Waals surface area contributed by atoms with E-state index in [1.807, 2.05) is 0 Å². The SMILES string of the molecule is C[C@@H]1CC[C@@]2(OC1)O[C@H]1[C@@H]3O[C@H]4C[C@H]5[C@@H](CCC6Cc7nc8c(nc7C[C@@]65C)CC5CC[C@H]6C7=C[C@@H]9O[C@]%10(CC[C@H](C)CO%10)[C@@H](C)[C@@H]9[C@@]7(C)C(=O)C[C@@H]6[C@@]5(C)C8)[C@@](O)(O3)[C@@]4(C)[C@H]1[C@@H]2C. The van der Waals surface area contributed by atoms with Crippen molar-refractivity contribution in [3.05, 3.63) is 34.4 Å². The van der Waals surface area contributed by atoms with Gasteiger partial charge in [0.25, 0.3) is 0 Å². The number of ether oxygens (including phenoxy) is 6. The van der Waals surface area contributed by atoms with Crippen LogP contribution in [0.2, 0.25) is 0 Å². The number of carbonyl (C=O) groups excluding carboxylic acids is 1. The smallest absolute Gasteiger partial charge is 0.187 e. The summed E-state index contributed by atoms with van der Waals surface area (Å²) in [5, 5.41) is 13.2. The molecule has 4 bridgehead atoms. The van der Waals surface area contributed by atoms with E-state index in [0.717, 1.165) is 90.1 Å². The summed E-state index contributed by atoms with van der Waals surface area (Å²) in [7, 11) is 0. The molecule has 0 aromatic carbocycles. The third kappa shape index (κ3) is 4.78. The fourth-order valence-corrected chi connectivity index (χ4v) is 19.6. The monoisotopic (exact) mass is 879 g/mol. The van der Waals surface area contributed by atoms with Crippen LogP contribution in [0.3, 0.4) is 0 Å². The molecule has 8 heterocycles. The summed E-state index contributed by atoms with van der Waals surface area (Å²) in [6.07, 6.45) is 15.1. The van der Waals surface area contributed by atoms with Crippen molar-refractivity contribution in [3.63, 3.8) is 0 Å². The Morgan fingerprint density at radius 1 is 0.672 bits per heavy atom. The van der Waals surface area contributed by atoms with Gasteiger partial charge in [-0.15, -0.1) is 0 Å². The minimum Gasteiger partial charge on any atom is -0.365 e. The van der Waals surface area contributed by atoms with Gasteiger partial charge in [0.2, 0.25) is 0 Å². The van der Waals surface area contributed by atoms with Gasteiger partial charge in [0, 0.05) is 48.9 Å². The van der Waals surface area contributed by atoms with Gasteiger partial charge in [-0.25, -0.2) is 0 Å². The lowest BCUT2D eigenvalue weighted by molar-refractivity contribution is -0.505. The molecule has 7 aliphatic carbocycles. The summed E-state index contributed by atoms with van der Waals surface area (Å²) in [6.45, 7) is 20.2. The number of Topliss-reactive ketones (excluding diaryl/α,β-unsaturated/α-hetero) is 1. The molecule has 7 aliphatic heterocycles. The highest BCUT2D eigenvalue weighted by Gasteiger charge is 2.81. The molecular weight excluding hydrogens is 805 g/mol. The summed E-state index contributed by atoms with van der Waals surface area (Å²) in [5.41, 5.74) is 5.07. The first-order valence-corrected chi connectivity index (χ1v) is 26.3. The molecule has 23 atom stereocenters. The number of aromatic nitrogens is 2. The average Bonchev–Trinajstić information content (AvgIpc) is 3.83. The van der Waals surface area contributed by atoms with Crippen LogP contribution in [0, 0.1) is 92.7 Å². The highest BCUT2D eigenvalue weighted by atomic mass is 16.8. The van der Waals surface area contributed by atoms with Crippen LogP contribution in [0.4, 0.5) is 0 Å². The molecule has 0 amide bonds. The molecule has 7 saturated heterocycles. The van der Waals surface area contributed by atoms with Crippen molar-refractivity contribution in [2.45, 2.75) is 187 Å². The van der Waals surface area contributed by atoms with E-state index in [9.17, 15) is 9.90 Å². The van der Waals surface area contributed by atoms with Crippen molar-refractivity contribution in [1.82, 2.24) is 9.97 Å². The Kier molecular flexibility index (Phi) is 8.30. The van der Waals surface area contributed by atoms with Crippen molar-refractivity contribution in [1.29, 1.82) is 0 Å². The number of hydrogen-bond acceptors (Lipinski definition) is 10. The fourth-order valence-electron chi connectivity index (χ4n) is 19.6. The summed E-state index contributed by atoms with van der Waals surface area (Å²) in [5.74, 6) is 1.61. The molecule has 15 rings (SSSR count). The number of hydrogen-bond donors (Lipinski definition) is 1. The minimum absolute atomic E-state index is 0.00121. The van der Waals surface area contributed by atoms with Crippen molar-refractivity contribution >= 4 is 5.78 Å². The maximum atomic E-state index is 14.9. The molecule has 1 aromatic rings. The van der Waals surface area contributed by atoms with Crippen molar-refractivity contribution in [2.75, 3.05) is 13.2 Å². The van der Waals surface area contributed by atoms with Crippen molar-refractivity contribution < 1.29 is 38.3 Å². The first-order valence-electron chi connectivity index (χ1n) is 26.3. The molecular formula is C54H74N2O8. The van der Waals surface area contributed by atoms with Gasteiger partial charge in [0.15, 0.2) is 23.7 Å². The standard InChI is InChI=1S/C54H74N2O8/c1-26-13-15-52(59-24-26)28(3)44-41(62-52)19-35-32-11-9-30-17-37-39(22-48(30,5)34(32)20-42(57)50(35,44)7)55-38-18-31-10-12-33-36(49(31,6)23-40(38)56-37)21-43-51(8)45-29(4)53(16-14-27(2)25-60-53)63-46(45)47(61-43)64-54(33,51)58/h19,26-34,36,41,43-47,58H,9-18,20-25H2,1-8H3/t26-,27+,28-,29-,30?,31?,32+,33+,34-,36-,41-,43-,44-,45-,46+,47+,48-,49-,50+,51+,52+,53+,54+/m0/s1. The fraction of sp³-hybridized carbons (Fsp3) is 0.870.